The van der Waals surface area contributed by atoms with Crippen LogP contribution in [0.1, 0.15) is 25.3 Å². The molecule has 0 aliphatic carbocycles. The largest absolute Gasteiger partial charge is 0.378 e. The Labute approximate surface area is 188 Å². The zero-order chi connectivity index (χ0) is 21.6. The van der Waals surface area contributed by atoms with E-state index in [2.05, 4.69) is 51.4 Å². The fourth-order valence-electron chi connectivity index (χ4n) is 3.74. The Morgan fingerprint density at radius 1 is 1.16 bits per heavy atom. The molecule has 31 heavy (non-hydrogen) atoms. The van der Waals surface area contributed by atoms with Gasteiger partial charge in [-0.15, -0.1) is 0 Å². The van der Waals surface area contributed by atoms with Gasteiger partial charge in [0.1, 0.15) is 0 Å². The first-order chi connectivity index (χ1) is 15.1. The van der Waals surface area contributed by atoms with Crippen molar-refractivity contribution in [1.29, 1.82) is 0 Å². The molecule has 4 rings (SSSR count). The van der Waals surface area contributed by atoms with E-state index >= 15 is 0 Å². The number of halogens is 1. The molecular weight excluding hydrogens is 412 g/mol. The number of unbranched alkanes of at least 4 members (excludes halogenated alkanes) is 1. The summed E-state index contributed by atoms with van der Waals surface area (Å²) >= 11 is 6.31. The number of guanidine groups is 2. The molecule has 3 N–H and O–H groups in total. The van der Waals surface area contributed by atoms with E-state index in [0.29, 0.717) is 18.2 Å². The van der Waals surface area contributed by atoms with Crippen LogP contribution in [-0.4, -0.2) is 49.4 Å². The number of morpholine rings is 1. The zero-order valence-corrected chi connectivity index (χ0v) is 18.6. The third-order valence-corrected chi connectivity index (χ3v) is 5.61. The zero-order valence-electron chi connectivity index (χ0n) is 17.8. The molecule has 2 aromatic carbocycles. The van der Waals surface area contributed by atoms with Crippen molar-refractivity contribution in [3.8, 4) is 0 Å². The van der Waals surface area contributed by atoms with E-state index in [4.69, 9.17) is 22.1 Å². The van der Waals surface area contributed by atoms with E-state index in [9.17, 15) is 0 Å². The quantitative estimate of drug-likeness (QED) is 0.712. The summed E-state index contributed by atoms with van der Waals surface area (Å²) in [6.07, 6.45) is 3.02. The van der Waals surface area contributed by atoms with Gasteiger partial charge in [0.25, 0.3) is 0 Å². The lowest BCUT2D eigenvalue weighted by molar-refractivity contribution is 0.0671. The van der Waals surface area contributed by atoms with Gasteiger partial charge in [0.05, 0.1) is 13.2 Å². The minimum absolute atomic E-state index is 0.247. The smallest absolute Gasteiger partial charge is 0.222 e. The molecule has 1 saturated heterocycles. The van der Waals surface area contributed by atoms with Gasteiger partial charge in [-0.25, -0.2) is 4.99 Å². The lowest BCUT2D eigenvalue weighted by atomic mass is 10.1. The average molecular weight is 441 g/mol. The first kappa shape index (κ1) is 21.5. The van der Waals surface area contributed by atoms with Gasteiger partial charge in [-0.1, -0.05) is 43.1 Å². The van der Waals surface area contributed by atoms with Gasteiger partial charge in [0.2, 0.25) is 18.2 Å². The number of aliphatic imine (C=N–C) groups is 2. The first-order valence-electron chi connectivity index (χ1n) is 10.8. The van der Waals surface area contributed by atoms with Crippen LogP contribution in [0.25, 0.3) is 0 Å². The molecule has 0 saturated carbocycles. The number of rotatable bonds is 6. The van der Waals surface area contributed by atoms with E-state index in [1.165, 1.54) is 18.4 Å². The summed E-state index contributed by atoms with van der Waals surface area (Å²) in [4.78, 5) is 13.4. The Balaban J connectivity index is 1.63. The molecule has 0 spiro atoms. The van der Waals surface area contributed by atoms with Crippen molar-refractivity contribution in [3.05, 3.63) is 59.1 Å². The van der Waals surface area contributed by atoms with E-state index in [-0.39, 0.29) is 5.96 Å². The normalized spacial score (nSPS) is 19.1. The topological polar surface area (TPSA) is 78.5 Å². The Hall–Kier alpha value is -2.77. The van der Waals surface area contributed by atoms with Gasteiger partial charge in [0.15, 0.2) is 0 Å². The van der Waals surface area contributed by atoms with Crippen LogP contribution in [0.2, 0.25) is 5.02 Å². The predicted molar refractivity (Wildman–Crippen MR) is 128 cm³/mol. The SMILES string of the molecule is CCCCc1ccc(NC2N=C(N)N=C(N3CCOCC3)N2c2cccc(Cl)c2)cc1. The first-order valence-corrected chi connectivity index (χ1v) is 11.2. The number of nitrogens with one attached hydrogen (secondary N) is 1. The number of hydrogen-bond acceptors (Lipinski definition) is 7. The minimum atomic E-state index is -0.449. The second-order valence-corrected chi connectivity index (χ2v) is 8.10. The summed E-state index contributed by atoms with van der Waals surface area (Å²) in [5, 5.41) is 4.16. The number of hydrogen-bond donors (Lipinski definition) is 2. The summed E-state index contributed by atoms with van der Waals surface area (Å²) in [6, 6.07) is 16.2. The number of anilines is 2. The molecule has 0 radical (unpaired) electrons. The van der Waals surface area contributed by atoms with Gasteiger partial charge in [-0.3, -0.25) is 4.90 Å². The van der Waals surface area contributed by atoms with Gasteiger partial charge in [0, 0.05) is 29.5 Å². The van der Waals surface area contributed by atoms with E-state index < -0.39 is 6.29 Å². The Kier molecular flexibility index (Phi) is 6.94. The van der Waals surface area contributed by atoms with Crippen LogP contribution in [0.15, 0.2) is 58.5 Å². The lowest BCUT2D eigenvalue weighted by Gasteiger charge is -2.41. The van der Waals surface area contributed by atoms with Crippen molar-refractivity contribution >= 4 is 34.9 Å². The summed E-state index contributed by atoms with van der Waals surface area (Å²) < 4.78 is 5.53. The maximum absolute atomic E-state index is 6.31. The summed E-state index contributed by atoms with van der Waals surface area (Å²) in [6.45, 7) is 4.98. The summed E-state index contributed by atoms with van der Waals surface area (Å²) in [7, 11) is 0. The number of nitrogens with zero attached hydrogens (tertiary/aromatic N) is 4. The Morgan fingerprint density at radius 2 is 1.94 bits per heavy atom. The molecule has 1 unspecified atom stereocenters. The van der Waals surface area contributed by atoms with Gasteiger partial charge >= 0.3 is 0 Å². The second kappa shape index (κ2) is 10.0. The van der Waals surface area contributed by atoms with Crippen molar-refractivity contribution in [2.45, 2.75) is 32.5 Å². The highest BCUT2D eigenvalue weighted by Crippen LogP contribution is 2.27. The molecule has 0 bridgehead atoms. The van der Waals surface area contributed by atoms with Crippen molar-refractivity contribution in [2.24, 2.45) is 15.7 Å². The van der Waals surface area contributed by atoms with E-state index in [1.54, 1.807) is 0 Å². The Morgan fingerprint density at radius 3 is 2.65 bits per heavy atom. The van der Waals surface area contributed by atoms with Crippen LogP contribution in [-0.2, 0) is 11.2 Å². The van der Waals surface area contributed by atoms with Crippen molar-refractivity contribution in [3.63, 3.8) is 0 Å². The number of nitrogens with two attached hydrogens (primary N) is 1. The third kappa shape index (κ3) is 5.29. The highest BCUT2D eigenvalue weighted by atomic mass is 35.5. The standard InChI is InChI=1S/C23H29ClN6O/c1-2-3-5-17-8-10-19(11-9-17)26-22-27-21(25)28-23(29-12-14-31-15-13-29)30(22)20-7-4-6-18(24)16-20/h4,6-11,16,22,26H,2-3,5,12-15H2,1H3,(H2,25,27). The monoisotopic (exact) mass is 440 g/mol. The molecular formula is C23H29ClN6O. The summed E-state index contributed by atoms with van der Waals surface area (Å²) in [5.41, 5.74) is 9.34. The molecule has 164 valence electrons. The molecule has 2 aliphatic heterocycles. The fraction of sp³-hybridized carbons (Fsp3) is 0.391. The predicted octanol–water partition coefficient (Wildman–Crippen LogP) is 3.90. The van der Waals surface area contributed by atoms with Crippen LogP contribution in [0.4, 0.5) is 11.4 Å². The number of ether oxygens (including phenoxy) is 1. The maximum Gasteiger partial charge on any atom is 0.222 e. The second-order valence-electron chi connectivity index (χ2n) is 7.67. The maximum atomic E-state index is 6.31. The van der Waals surface area contributed by atoms with Crippen molar-refractivity contribution < 1.29 is 4.74 Å². The van der Waals surface area contributed by atoms with Crippen molar-refractivity contribution in [2.75, 3.05) is 36.5 Å². The van der Waals surface area contributed by atoms with Crippen molar-refractivity contribution in [1.82, 2.24) is 4.90 Å². The molecule has 0 amide bonds. The van der Waals surface area contributed by atoms with Crippen LogP contribution < -0.4 is 16.0 Å². The third-order valence-electron chi connectivity index (χ3n) is 5.38. The fourth-order valence-corrected chi connectivity index (χ4v) is 3.93. The van der Waals surface area contributed by atoms with Gasteiger partial charge in [-0.2, -0.15) is 4.99 Å². The molecule has 2 aliphatic rings. The van der Waals surface area contributed by atoms with E-state index in [0.717, 1.165) is 36.8 Å². The molecule has 1 atom stereocenters. The highest BCUT2D eigenvalue weighted by Gasteiger charge is 2.32. The van der Waals surface area contributed by atoms with Crippen LogP contribution >= 0.6 is 11.6 Å². The minimum Gasteiger partial charge on any atom is -0.378 e. The number of benzene rings is 2. The molecule has 2 heterocycles. The Bertz CT molecular complexity index is 939. The molecule has 0 aromatic heterocycles. The van der Waals surface area contributed by atoms with Gasteiger partial charge < -0.3 is 20.7 Å². The van der Waals surface area contributed by atoms with Gasteiger partial charge in [-0.05, 0) is 48.7 Å². The molecule has 7 nitrogen and oxygen atoms in total. The molecule has 1 fully saturated rings. The van der Waals surface area contributed by atoms with Crippen LogP contribution in [0.5, 0.6) is 0 Å². The van der Waals surface area contributed by atoms with Crippen LogP contribution in [0, 0.1) is 0 Å². The average Bonchev–Trinajstić information content (AvgIpc) is 2.79. The highest BCUT2D eigenvalue weighted by molar-refractivity contribution is 6.31. The number of aryl methyl sites for hydroxylation is 1. The van der Waals surface area contributed by atoms with Crippen LogP contribution in [0.3, 0.4) is 0 Å². The lowest BCUT2D eigenvalue weighted by Crippen LogP contribution is -2.57. The van der Waals surface area contributed by atoms with E-state index in [1.807, 2.05) is 29.2 Å². The summed E-state index contributed by atoms with van der Waals surface area (Å²) in [5.74, 6) is 0.993. The molecule has 2 aromatic rings. The molecule has 8 heteroatoms.